The summed E-state index contributed by atoms with van der Waals surface area (Å²) in [6.07, 6.45) is 4.24. The van der Waals surface area contributed by atoms with Crippen LogP contribution in [0.1, 0.15) is 39.5 Å². The molecular weight excluding hydrogens is 180 g/mol. The van der Waals surface area contributed by atoms with Crippen LogP contribution in [0.5, 0.6) is 0 Å². The van der Waals surface area contributed by atoms with Crippen LogP contribution in [-0.2, 0) is 14.3 Å². The minimum atomic E-state index is -0.303. The zero-order valence-electron chi connectivity index (χ0n) is 9.13. The van der Waals surface area contributed by atoms with E-state index in [9.17, 15) is 4.79 Å². The smallest absolute Gasteiger partial charge is 0.338 e. The largest absolute Gasteiger partial charge is 0.467 e. The van der Waals surface area contributed by atoms with Gasteiger partial charge in [0.05, 0.1) is 7.11 Å². The van der Waals surface area contributed by atoms with E-state index in [1.165, 1.54) is 13.5 Å². The summed E-state index contributed by atoms with van der Waals surface area (Å²) in [6, 6.07) is 0. The molecule has 1 spiro atoms. The summed E-state index contributed by atoms with van der Waals surface area (Å²) in [6.45, 7) is 4.38. The maximum Gasteiger partial charge on any atom is 0.338 e. The van der Waals surface area contributed by atoms with Gasteiger partial charge >= 0.3 is 5.97 Å². The molecule has 2 rings (SSSR count). The summed E-state index contributed by atoms with van der Waals surface area (Å²) in [5.74, 6) is -0.208. The maximum atomic E-state index is 11.4. The molecule has 2 aliphatic rings. The van der Waals surface area contributed by atoms with Crippen LogP contribution in [0.15, 0.2) is 0 Å². The molecule has 80 valence electrons. The normalized spacial score (nSPS) is 39.5. The van der Waals surface area contributed by atoms with E-state index >= 15 is 0 Å². The van der Waals surface area contributed by atoms with Crippen molar-refractivity contribution in [2.45, 2.75) is 51.2 Å². The van der Waals surface area contributed by atoms with Crippen LogP contribution >= 0.6 is 0 Å². The fraction of sp³-hybridized carbons (Fsp3) is 0.909. The quantitative estimate of drug-likeness (QED) is 0.477. The highest BCUT2D eigenvalue weighted by molar-refractivity contribution is 5.79. The van der Waals surface area contributed by atoms with Gasteiger partial charge in [0.2, 0.25) is 0 Å². The number of hydrogen-bond donors (Lipinski definition) is 0. The molecule has 0 aromatic carbocycles. The Morgan fingerprint density at radius 1 is 1.36 bits per heavy atom. The van der Waals surface area contributed by atoms with Crippen LogP contribution in [0.3, 0.4) is 0 Å². The summed E-state index contributed by atoms with van der Waals surface area (Å²) in [4.78, 5) is 11.4. The second kappa shape index (κ2) is 2.96. The summed E-state index contributed by atoms with van der Waals surface area (Å²) < 4.78 is 10.4. The second-order valence-electron chi connectivity index (χ2n) is 5.00. The molecule has 1 aliphatic carbocycles. The van der Waals surface area contributed by atoms with Crippen LogP contribution in [0, 0.1) is 5.41 Å². The number of ether oxygens (including phenoxy) is 2. The molecule has 3 nitrogen and oxygen atoms in total. The lowest BCUT2D eigenvalue weighted by atomic mass is 9.67. The van der Waals surface area contributed by atoms with Gasteiger partial charge in [-0.2, -0.15) is 0 Å². The molecular formula is C11H18O3. The SMILES string of the molecule is COC(=O)C1OC12CCCCC2(C)C. The summed E-state index contributed by atoms with van der Waals surface area (Å²) in [5, 5.41) is 0. The van der Waals surface area contributed by atoms with Crippen molar-refractivity contribution in [3.63, 3.8) is 0 Å². The lowest BCUT2D eigenvalue weighted by Crippen LogP contribution is -2.40. The monoisotopic (exact) mass is 198 g/mol. The van der Waals surface area contributed by atoms with Gasteiger partial charge in [0.25, 0.3) is 0 Å². The van der Waals surface area contributed by atoms with Crippen molar-refractivity contribution in [2.75, 3.05) is 7.11 Å². The van der Waals surface area contributed by atoms with Crippen LogP contribution in [0.2, 0.25) is 0 Å². The van der Waals surface area contributed by atoms with Gasteiger partial charge in [0.15, 0.2) is 6.10 Å². The minimum absolute atomic E-state index is 0.115. The molecule has 3 heteroatoms. The topological polar surface area (TPSA) is 38.8 Å². The van der Waals surface area contributed by atoms with Gasteiger partial charge in [0.1, 0.15) is 5.60 Å². The van der Waals surface area contributed by atoms with E-state index in [0.29, 0.717) is 0 Å². The number of carbonyl (C=O) groups is 1. The number of esters is 1. The van der Waals surface area contributed by atoms with E-state index < -0.39 is 0 Å². The number of carbonyl (C=O) groups excluding carboxylic acids is 1. The van der Waals surface area contributed by atoms with Crippen molar-refractivity contribution in [1.82, 2.24) is 0 Å². The van der Waals surface area contributed by atoms with E-state index in [1.54, 1.807) is 0 Å². The van der Waals surface area contributed by atoms with E-state index in [4.69, 9.17) is 9.47 Å². The highest BCUT2D eigenvalue weighted by Gasteiger charge is 2.69. The van der Waals surface area contributed by atoms with Crippen molar-refractivity contribution in [2.24, 2.45) is 5.41 Å². The van der Waals surface area contributed by atoms with Gasteiger partial charge < -0.3 is 9.47 Å². The predicted octanol–water partition coefficient (Wildman–Crippen LogP) is 1.90. The first kappa shape index (κ1) is 9.97. The Morgan fingerprint density at radius 2 is 2.00 bits per heavy atom. The van der Waals surface area contributed by atoms with E-state index in [2.05, 4.69) is 13.8 Å². The van der Waals surface area contributed by atoms with Crippen molar-refractivity contribution in [3.8, 4) is 0 Å². The molecule has 0 radical (unpaired) electrons. The summed E-state index contributed by atoms with van der Waals surface area (Å²) in [5.41, 5.74) is -0.0948. The van der Waals surface area contributed by atoms with Crippen LogP contribution in [0.4, 0.5) is 0 Å². The van der Waals surface area contributed by atoms with Crippen molar-refractivity contribution in [1.29, 1.82) is 0 Å². The van der Waals surface area contributed by atoms with Crippen molar-refractivity contribution >= 4 is 5.97 Å². The van der Waals surface area contributed by atoms with Crippen LogP contribution < -0.4 is 0 Å². The van der Waals surface area contributed by atoms with Gasteiger partial charge in [-0.1, -0.05) is 26.7 Å². The second-order valence-corrected chi connectivity index (χ2v) is 5.00. The standard InChI is InChI=1S/C11H18O3/c1-10(2)6-4-5-7-11(10)8(14-11)9(12)13-3/h8H,4-7H2,1-3H3. The zero-order chi connectivity index (χ0) is 10.4. The molecule has 1 saturated carbocycles. The lowest BCUT2D eigenvalue weighted by Gasteiger charge is -2.36. The summed E-state index contributed by atoms with van der Waals surface area (Å²) in [7, 11) is 1.42. The molecule has 0 aromatic rings. The summed E-state index contributed by atoms with van der Waals surface area (Å²) >= 11 is 0. The average molecular weight is 198 g/mol. The van der Waals surface area contributed by atoms with E-state index in [1.807, 2.05) is 0 Å². The molecule has 2 fully saturated rings. The lowest BCUT2D eigenvalue weighted by molar-refractivity contribution is -0.142. The molecule has 2 unspecified atom stereocenters. The molecule has 0 bridgehead atoms. The Balaban J connectivity index is 2.14. The van der Waals surface area contributed by atoms with Gasteiger partial charge in [0, 0.05) is 0 Å². The highest BCUT2D eigenvalue weighted by atomic mass is 16.7. The van der Waals surface area contributed by atoms with Gasteiger partial charge in [-0.3, -0.25) is 0 Å². The third-order valence-corrected chi connectivity index (χ3v) is 3.86. The number of methoxy groups -OCH3 is 1. The number of epoxide rings is 1. The predicted molar refractivity (Wildman–Crippen MR) is 51.9 cm³/mol. The first-order chi connectivity index (χ1) is 6.53. The number of rotatable bonds is 1. The van der Waals surface area contributed by atoms with Crippen LogP contribution in [-0.4, -0.2) is 24.8 Å². The first-order valence-corrected chi connectivity index (χ1v) is 5.29. The zero-order valence-corrected chi connectivity index (χ0v) is 9.13. The molecule has 14 heavy (non-hydrogen) atoms. The molecule has 0 amide bonds. The van der Waals surface area contributed by atoms with E-state index in [0.717, 1.165) is 19.3 Å². The van der Waals surface area contributed by atoms with Crippen LogP contribution in [0.25, 0.3) is 0 Å². The molecule has 1 saturated heterocycles. The van der Waals surface area contributed by atoms with Crippen molar-refractivity contribution in [3.05, 3.63) is 0 Å². The third-order valence-electron chi connectivity index (χ3n) is 3.86. The van der Waals surface area contributed by atoms with Crippen molar-refractivity contribution < 1.29 is 14.3 Å². The fourth-order valence-corrected chi connectivity index (χ4v) is 2.73. The molecule has 1 aliphatic heterocycles. The maximum absolute atomic E-state index is 11.4. The van der Waals surface area contributed by atoms with Gasteiger partial charge in [-0.15, -0.1) is 0 Å². The number of hydrogen-bond acceptors (Lipinski definition) is 3. The Bertz CT molecular complexity index is 259. The Kier molecular flexibility index (Phi) is 2.11. The fourth-order valence-electron chi connectivity index (χ4n) is 2.73. The van der Waals surface area contributed by atoms with Gasteiger partial charge in [-0.05, 0) is 18.3 Å². The average Bonchev–Trinajstić information content (AvgIpc) is 2.86. The molecule has 2 atom stereocenters. The Morgan fingerprint density at radius 3 is 2.57 bits per heavy atom. The first-order valence-electron chi connectivity index (χ1n) is 5.29. The Labute approximate surface area is 84.8 Å². The Hall–Kier alpha value is -0.570. The molecule has 0 N–H and O–H groups in total. The highest BCUT2D eigenvalue weighted by Crippen LogP contribution is 2.58. The molecule has 0 aromatic heterocycles. The van der Waals surface area contributed by atoms with Gasteiger partial charge in [-0.25, -0.2) is 4.79 Å². The molecule has 1 heterocycles. The minimum Gasteiger partial charge on any atom is -0.467 e. The van der Waals surface area contributed by atoms with E-state index in [-0.39, 0.29) is 23.1 Å². The third kappa shape index (κ3) is 1.18.